The van der Waals surface area contributed by atoms with Crippen molar-refractivity contribution in [2.75, 3.05) is 18.5 Å². The molecule has 1 amide bonds. The first-order valence-electron chi connectivity index (χ1n) is 9.70. The number of likely N-dealkylation sites (N-methyl/N-ethyl adjacent to an activating group) is 1. The number of nitrogens with zero attached hydrogens (tertiary/aromatic N) is 5. The molecule has 3 aromatic rings. The monoisotopic (exact) mass is 444 g/mol. The first kappa shape index (κ1) is 21.5. The number of benzene rings is 1. The van der Waals surface area contributed by atoms with Crippen LogP contribution in [0.2, 0.25) is 0 Å². The van der Waals surface area contributed by atoms with Crippen molar-refractivity contribution < 1.29 is 18.0 Å². The maximum absolute atomic E-state index is 14.9. The first-order chi connectivity index (χ1) is 15.3. The normalized spacial score (nSPS) is 15.6. The van der Waals surface area contributed by atoms with Gasteiger partial charge in [0.2, 0.25) is 5.91 Å². The van der Waals surface area contributed by atoms with Gasteiger partial charge in [-0.05, 0) is 29.7 Å². The number of rotatable bonds is 5. The summed E-state index contributed by atoms with van der Waals surface area (Å²) in [6, 6.07) is 8.61. The molecule has 1 atom stereocenters. The molecule has 0 radical (unpaired) electrons. The Labute approximate surface area is 180 Å². The van der Waals surface area contributed by atoms with Crippen LogP contribution in [0.4, 0.5) is 18.9 Å². The molecule has 0 aliphatic carbocycles. The summed E-state index contributed by atoms with van der Waals surface area (Å²) in [5.41, 5.74) is 6.07. The zero-order chi connectivity index (χ0) is 23.0. The van der Waals surface area contributed by atoms with E-state index in [-0.39, 0.29) is 11.7 Å². The van der Waals surface area contributed by atoms with Gasteiger partial charge in [-0.25, -0.2) is 23.4 Å². The second-order valence-electron chi connectivity index (χ2n) is 7.37. The maximum Gasteiger partial charge on any atom is 0.351 e. The van der Waals surface area contributed by atoms with Crippen LogP contribution in [-0.2, 0) is 17.8 Å². The molecule has 2 N–H and O–H groups in total. The lowest BCUT2D eigenvalue weighted by atomic mass is 9.87. The van der Waals surface area contributed by atoms with Gasteiger partial charge in [0.25, 0.3) is 6.08 Å². The minimum atomic E-state index is -1.99. The molecule has 1 aliphatic heterocycles. The number of nitrogens with two attached hydrogens (primary N) is 1. The number of pyridine rings is 1. The van der Waals surface area contributed by atoms with Crippen molar-refractivity contribution in [3.63, 3.8) is 0 Å². The lowest BCUT2D eigenvalue weighted by molar-refractivity contribution is -0.120. The van der Waals surface area contributed by atoms with Gasteiger partial charge < -0.3 is 10.6 Å². The summed E-state index contributed by atoms with van der Waals surface area (Å²) < 4.78 is 42.1. The topological polar surface area (TPSA) is 99.0 Å². The third-order valence-electron chi connectivity index (χ3n) is 5.47. The standard InChI is InChI=1S/C21H19F3N6O2/c1-28-17-5-3-2-4-12(17)6-15(20(28)31)13-7-16(22)19(26-9-13)29-11-27-30(21(29)32)10-14(8-25)18(23)24/h2-5,7,9,11,15H,6,8,10,25H2,1H3. The third kappa shape index (κ3) is 3.71. The second-order valence-corrected chi connectivity index (χ2v) is 7.37. The van der Waals surface area contributed by atoms with E-state index in [0.717, 1.165) is 32.9 Å². The Morgan fingerprint density at radius 3 is 2.69 bits per heavy atom. The van der Waals surface area contributed by atoms with E-state index in [1.54, 1.807) is 7.05 Å². The van der Waals surface area contributed by atoms with Crippen molar-refractivity contribution in [2.24, 2.45) is 5.73 Å². The van der Waals surface area contributed by atoms with Crippen LogP contribution in [0.5, 0.6) is 0 Å². The Bertz CT molecular complexity index is 1280. The molecule has 0 saturated heterocycles. The molecule has 0 fully saturated rings. The average Bonchev–Trinajstić information content (AvgIpc) is 3.14. The van der Waals surface area contributed by atoms with Crippen LogP contribution < -0.4 is 16.3 Å². The minimum Gasteiger partial charge on any atom is -0.327 e. The average molecular weight is 444 g/mol. The van der Waals surface area contributed by atoms with Crippen LogP contribution in [0.15, 0.2) is 59.3 Å². The minimum absolute atomic E-state index is 0.197. The number of aromatic nitrogens is 4. The SMILES string of the molecule is CN1C(=O)C(c2cnc(-n3cnn(CC(CN)=C(F)F)c3=O)c(F)c2)Cc2ccccc21. The van der Waals surface area contributed by atoms with Gasteiger partial charge in [0.1, 0.15) is 6.33 Å². The number of carbonyl (C=O) groups is 1. The number of anilines is 1. The molecular weight excluding hydrogens is 425 g/mol. The van der Waals surface area contributed by atoms with Gasteiger partial charge in [-0.15, -0.1) is 0 Å². The summed E-state index contributed by atoms with van der Waals surface area (Å²) in [6.45, 7) is -0.970. The predicted molar refractivity (Wildman–Crippen MR) is 110 cm³/mol. The Balaban J connectivity index is 1.65. The summed E-state index contributed by atoms with van der Waals surface area (Å²) in [4.78, 5) is 30.9. The predicted octanol–water partition coefficient (Wildman–Crippen LogP) is 1.98. The van der Waals surface area contributed by atoms with Crippen LogP contribution >= 0.6 is 0 Å². The maximum atomic E-state index is 14.9. The Kier molecular flexibility index (Phi) is 5.66. The van der Waals surface area contributed by atoms with Crippen molar-refractivity contribution in [2.45, 2.75) is 18.9 Å². The highest BCUT2D eigenvalue weighted by molar-refractivity contribution is 6.00. The summed E-state index contributed by atoms with van der Waals surface area (Å²) in [5.74, 6) is -2.02. The second kappa shape index (κ2) is 8.42. The highest BCUT2D eigenvalue weighted by Crippen LogP contribution is 2.34. The lowest BCUT2D eigenvalue weighted by Gasteiger charge is -2.31. The lowest BCUT2D eigenvalue weighted by Crippen LogP contribution is -2.37. The molecule has 11 heteroatoms. The zero-order valence-corrected chi connectivity index (χ0v) is 17.0. The van der Waals surface area contributed by atoms with E-state index in [1.807, 2.05) is 24.3 Å². The fraction of sp³-hybridized carbons (Fsp3) is 0.238. The van der Waals surface area contributed by atoms with E-state index >= 15 is 0 Å². The van der Waals surface area contributed by atoms with Crippen LogP contribution in [0, 0.1) is 5.82 Å². The van der Waals surface area contributed by atoms with Crippen LogP contribution in [0.3, 0.4) is 0 Å². The van der Waals surface area contributed by atoms with E-state index < -0.39 is 42.2 Å². The first-order valence-corrected chi connectivity index (χ1v) is 9.70. The Morgan fingerprint density at radius 2 is 2.00 bits per heavy atom. The van der Waals surface area contributed by atoms with E-state index in [2.05, 4.69) is 10.1 Å². The van der Waals surface area contributed by atoms with E-state index in [1.165, 1.54) is 11.1 Å². The number of hydrogen-bond acceptors (Lipinski definition) is 5. The van der Waals surface area contributed by atoms with Crippen molar-refractivity contribution in [1.82, 2.24) is 19.3 Å². The quantitative estimate of drug-likeness (QED) is 0.649. The molecule has 1 unspecified atom stereocenters. The number of halogens is 3. The molecule has 32 heavy (non-hydrogen) atoms. The molecule has 0 spiro atoms. The van der Waals surface area contributed by atoms with Crippen LogP contribution in [0.25, 0.3) is 5.82 Å². The van der Waals surface area contributed by atoms with Crippen molar-refractivity contribution in [1.29, 1.82) is 0 Å². The number of fused-ring (bicyclic) bond motifs is 1. The molecule has 1 aliphatic rings. The molecule has 4 rings (SSSR count). The molecule has 1 aromatic carbocycles. The fourth-order valence-electron chi connectivity index (χ4n) is 3.72. The molecule has 8 nitrogen and oxygen atoms in total. The van der Waals surface area contributed by atoms with E-state index in [0.29, 0.717) is 12.0 Å². The van der Waals surface area contributed by atoms with Gasteiger partial charge in [0.05, 0.1) is 12.5 Å². The van der Waals surface area contributed by atoms with Gasteiger partial charge >= 0.3 is 5.69 Å². The molecule has 0 saturated carbocycles. The number of amides is 1. The molecule has 2 aromatic heterocycles. The van der Waals surface area contributed by atoms with Gasteiger partial charge in [-0.3, -0.25) is 4.79 Å². The highest BCUT2D eigenvalue weighted by atomic mass is 19.3. The smallest absolute Gasteiger partial charge is 0.327 e. The molecular formula is C21H19F3N6O2. The largest absolute Gasteiger partial charge is 0.351 e. The number of para-hydroxylation sites is 1. The summed E-state index contributed by atoms with van der Waals surface area (Å²) in [7, 11) is 1.66. The van der Waals surface area contributed by atoms with E-state index in [9.17, 15) is 22.8 Å². The zero-order valence-electron chi connectivity index (χ0n) is 17.0. The van der Waals surface area contributed by atoms with Crippen molar-refractivity contribution >= 4 is 11.6 Å². The van der Waals surface area contributed by atoms with Gasteiger partial charge in [-0.1, -0.05) is 18.2 Å². The van der Waals surface area contributed by atoms with E-state index in [4.69, 9.17) is 5.73 Å². The fourth-order valence-corrected chi connectivity index (χ4v) is 3.72. The Morgan fingerprint density at radius 1 is 1.25 bits per heavy atom. The molecule has 166 valence electrons. The van der Waals surface area contributed by atoms with Crippen molar-refractivity contribution in [3.05, 3.63) is 81.9 Å². The summed E-state index contributed by atoms with van der Waals surface area (Å²) >= 11 is 0. The van der Waals surface area contributed by atoms with Crippen molar-refractivity contribution in [3.8, 4) is 5.82 Å². The van der Waals surface area contributed by atoms with Gasteiger partial charge in [0, 0.05) is 31.0 Å². The Hall–Kier alpha value is -3.73. The van der Waals surface area contributed by atoms with Crippen LogP contribution in [-0.4, -0.2) is 38.8 Å². The molecule has 0 bridgehead atoms. The third-order valence-corrected chi connectivity index (χ3v) is 5.47. The number of carbonyl (C=O) groups excluding carboxylic acids is 1. The van der Waals surface area contributed by atoms with Gasteiger partial charge in [0.15, 0.2) is 11.6 Å². The molecule has 3 heterocycles. The summed E-state index contributed by atoms with van der Waals surface area (Å²) in [6.07, 6.45) is 0.721. The number of hydrogen-bond donors (Lipinski definition) is 1. The summed E-state index contributed by atoms with van der Waals surface area (Å²) in [5, 5.41) is 3.74. The van der Waals surface area contributed by atoms with Gasteiger partial charge in [-0.2, -0.15) is 13.9 Å². The van der Waals surface area contributed by atoms with Crippen LogP contribution in [0.1, 0.15) is 17.0 Å². The highest BCUT2D eigenvalue weighted by Gasteiger charge is 2.32.